The van der Waals surface area contributed by atoms with Crippen molar-refractivity contribution in [1.29, 1.82) is 0 Å². The van der Waals surface area contributed by atoms with E-state index in [-0.39, 0.29) is 11.8 Å². The van der Waals surface area contributed by atoms with Gasteiger partial charge in [-0.25, -0.2) is 4.68 Å². The number of benzene rings is 2. The topological polar surface area (TPSA) is 65.4 Å². The molecule has 1 amide bonds. The van der Waals surface area contributed by atoms with E-state index in [1.807, 2.05) is 62.5 Å². The van der Waals surface area contributed by atoms with E-state index >= 15 is 0 Å². The van der Waals surface area contributed by atoms with E-state index in [4.69, 9.17) is 9.47 Å². The highest BCUT2D eigenvalue weighted by molar-refractivity contribution is 5.94. The van der Waals surface area contributed by atoms with Crippen molar-refractivity contribution in [1.82, 2.24) is 9.78 Å². The number of anilines is 1. The minimum absolute atomic E-state index is 0.0285. The third-order valence-corrected chi connectivity index (χ3v) is 4.99. The van der Waals surface area contributed by atoms with Gasteiger partial charge < -0.3 is 14.8 Å². The van der Waals surface area contributed by atoms with E-state index in [0.717, 1.165) is 22.6 Å². The van der Waals surface area contributed by atoms with Gasteiger partial charge in [0.05, 0.1) is 25.6 Å². The maximum atomic E-state index is 12.5. The van der Waals surface area contributed by atoms with E-state index in [2.05, 4.69) is 10.4 Å². The summed E-state index contributed by atoms with van der Waals surface area (Å²) in [6, 6.07) is 13.9. The van der Waals surface area contributed by atoms with Gasteiger partial charge in [0.1, 0.15) is 5.82 Å². The molecule has 4 rings (SSSR count). The average Bonchev–Trinajstić information content (AvgIpc) is 3.12. The Hall–Kier alpha value is -3.28. The predicted octanol–water partition coefficient (Wildman–Crippen LogP) is 4.06. The zero-order valence-corrected chi connectivity index (χ0v) is 16.2. The lowest BCUT2D eigenvalue weighted by Gasteiger charge is -2.24. The summed E-state index contributed by atoms with van der Waals surface area (Å²) in [5.74, 6) is 1.96. The van der Waals surface area contributed by atoms with Gasteiger partial charge in [0, 0.05) is 17.9 Å². The molecule has 28 heavy (non-hydrogen) atoms. The number of ether oxygens (including phenoxy) is 2. The van der Waals surface area contributed by atoms with E-state index in [1.165, 1.54) is 5.56 Å². The van der Waals surface area contributed by atoms with E-state index < -0.39 is 0 Å². The Morgan fingerprint density at radius 2 is 1.96 bits per heavy atom. The average molecular weight is 377 g/mol. The van der Waals surface area contributed by atoms with Gasteiger partial charge in [-0.1, -0.05) is 23.8 Å². The molecule has 2 aromatic carbocycles. The minimum Gasteiger partial charge on any atom is -0.493 e. The number of aryl methyl sites for hydroxylation is 1. The Morgan fingerprint density at radius 1 is 1.18 bits per heavy atom. The van der Waals surface area contributed by atoms with Crippen LogP contribution in [-0.2, 0) is 4.79 Å². The van der Waals surface area contributed by atoms with Gasteiger partial charge in [-0.2, -0.15) is 5.10 Å². The molecule has 1 unspecified atom stereocenters. The summed E-state index contributed by atoms with van der Waals surface area (Å²) in [7, 11) is 1.62. The summed E-state index contributed by atoms with van der Waals surface area (Å²) >= 11 is 0. The van der Waals surface area contributed by atoms with Crippen molar-refractivity contribution in [2.45, 2.75) is 26.2 Å². The van der Waals surface area contributed by atoms with Crippen LogP contribution in [0.25, 0.3) is 5.69 Å². The van der Waals surface area contributed by atoms with Gasteiger partial charge in [0.25, 0.3) is 0 Å². The third kappa shape index (κ3) is 3.22. The number of hydrogen-bond donors (Lipinski definition) is 1. The standard InChI is InChI=1S/C22H23N3O3/c1-4-28-19-10-7-15(11-20(19)27-3)17-12-21(26)24-22-18(17)13-23-25(22)16-8-5-14(2)6-9-16/h5-11,13,17H,4,12H2,1-3H3,(H,24,26). The van der Waals surface area contributed by atoms with Crippen LogP contribution in [0.1, 0.15) is 36.0 Å². The number of rotatable bonds is 5. The van der Waals surface area contributed by atoms with E-state index in [0.29, 0.717) is 24.5 Å². The molecule has 0 aliphatic carbocycles. The first-order valence-electron chi connectivity index (χ1n) is 9.36. The van der Waals surface area contributed by atoms with Crippen LogP contribution in [0.2, 0.25) is 0 Å². The molecule has 6 nitrogen and oxygen atoms in total. The first-order chi connectivity index (χ1) is 13.6. The number of fused-ring (bicyclic) bond motifs is 1. The molecule has 0 spiro atoms. The fraction of sp³-hybridized carbons (Fsp3) is 0.273. The Balaban J connectivity index is 1.76. The smallest absolute Gasteiger partial charge is 0.226 e. The van der Waals surface area contributed by atoms with Gasteiger partial charge in [-0.05, 0) is 43.7 Å². The molecule has 6 heteroatoms. The molecule has 0 fully saturated rings. The van der Waals surface area contributed by atoms with Crippen LogP contribution < -0.4 is 14.8 Å². The van der Waals surface area contributed by atoms with Crippen molar-refractivity contribution in [2.24, 2.45) is 0 Å². The third-order valence-electron chi connectivity index (χ3n) is 4.99. The molecule has 0 radical (unpaired) electrons. The quantitative estimate of drug-likeness (QED) is 0.728. The summed E-state index contributed by atoms with van der Waals surface area (Å²) in [6.07, 6.45) is 2.20. The second-order valence-electron chi connectivity index (χ2n) is 6.84. The summed E-state index contributed by atoms with van der Waals surface area (Å²) in [4.78, 5) is 12.5. The first kappa shape index (κ1) is 18.1. The normalized spacial score (nSPS) is 15.7. The maximum absolute atomic E-state index is 12.5. The molecule has 1 atom stereocenters. The summed E-state index contributed by atoms with van der Waals surface area (Å²) in [5, 5.41) is 7.53. The highest BCUT2D eigenvalue weighted by Gasteiger charge is 2.31. The number of carbonyl (C=O) groups excluding carboxylic acids is 1. The number of nitrogens with one attached hydrogen (secondary N) is 1. The van der Waals surface area contributed by atoms with Crippen molar-refractivity contribution in [3.8, 4) is 17.2 Å². The van der Waals surface area contributed by atoms with Crippen LogP contribution >= 0.6 is 0 Å². The molecular weight excluding hydrogens is 354 g/mol. The number of methoxy groups -OCH3 is 1. The molecule has 2 heterocycles. The molecular formula is C22H23N3O3. The lowest BCUT2D eigenvalue weighted by Crippen LogP contribution is -2.24. The van der Waals surface area contributed by atoms with Crippen LogP contribution in [0.15, 0.2) is 48.7 Å². The largest absolute Gasteiger partial charge is 0.493 e. The highest BCUT2D eigenvalue weighted by Crippen LogP contribution is 2.40. The van der Waals surface area contributed by atoms with E-state index in [9.17, 15) is 4.79 Å². The van der Waals surface area contributed by atoms with Crippen LogP contribution in [0.3, 0.4) is 0 Å². The van der Waals surface area contributed by atoms with Crippen LogP contribution in [0.5, 0.6) is 11.5 Å². The monoisotopic (exact) mass is 377 g/mol. The van der Waals surface area contributed by atoms with Gasteiger partial charge in [0.15, 0.2) is 11.5 Å². The molecule has 0 saturated heterocycles. The van der Waals surface area contributed by atoms with Crippen LogP contribution in [0, 0.1) is 6.92 Å². The number of hydrogen-bond acceptors (Lipinski definition) is 4. The molecule has 1 N–H and O–H groups in total. The minimum atomic E-state index is -0.0903. The SMILES string of the molecule is CCOc1ccc(C2CC(=O)Nc3c2cnn3-c2ccc(C)cc2)cc1OC. The summed E-state index contributed by atoms with van der Waals surface area (Å²) < 4.78 is 12.9. The fourth-order valence-corrected chi connectivity index (χ4v) is 3.57. The lowest BCUT2D eigenvalue weighted by molar-refractivity contribution is -0.116. The van der Waals surface area contributed by atoms with Crippen molar-refractivity contribution in [3.05, 3.63) is 65.4 Å². The Kier molecular flexibility index (Phi) is 4.77. The Morgan fingerprint density at radius 3 is 2.68 bits per heavy atom. The van der Waals surface area contributed by atoms with Crippen molar-refractivity contribution >= 4 is 11.7 Å². The molecule has 1 aliphatic rings. The van der Waals surface area contributed by atoms with E-state index in [1.54, 1.807) is 11.8 Å². The number of nitrogens with zero attached hydrogens (tertiary/aromatic N) is 2. The lowest BCUT2D eigenvalue weighted by atomic mass is 9.87. The zero-order valence-electron chi connectivity index (χ0n) is 16.2. The van der Waals surface area contributed by atoms with Gasteiger partial charge in [0.2, 0.25) is 5.91 Å². The Bertz CT molecular complexity index is 1010. The number of carbonyl (C=O) groups is 1. The molecule has 1 aromatic heterocycles. The molecule has 0 bridgehead atoms. The van der Waals surface area contributed by atoms with Crippen molar-refractivity contribution < 1.29 is 14.3 Å². The maximum Gasteiger partial charge on any atom is 0.226 e. The number of aromatic nitrogens is 2. The van der Waals surface area contributed by atoms with Gasteiger partial charge in [-0.3, -0.25) is 4.79 Å². The molecule has 0 saturated carbocycles. The van der Waals surface area contributed by atoms with Crippen LogP contribution in [0.4, 0.5) is 5.82 Å². The fourth-order valence-electron chi connectivity index (χ4n) is 3.57. The summed E-state index contributed by atoms with van der Waals surface area (Å²) in [5.41, 5.74) is 4.08. The highest BCUT2D eigenvalue weighted by atomic mass is 16.5. The molecule has 144 valence electrons. The van der Waals surface area contributed by atoms with Crippen LogP contribution in [-0.4, -0.2) is 29.4 Å². The zero-order chi connectivity index (χ0) is 19.7. The molecule has 1 aliphatic heterocycles. The number of amides is 1. The molecule has 3 aromatic rings. The second kappa shape index (κ2) is 7.38. The first-order valence-corrected chi connectivity index (χ1v) is 9.36. The van der Waals surface area contributed by atoms with Crippen molar-refractivity contribution in [3.63, 3.8) is 0 Å². The predicted molar refractivity (Wildman–Crippen MR) is 108 cm³/mol. The van der Waals surface area contributed by atoms with Gasteiger partial charge in [-0.15, -0.1) is 0 Å². The second-order valence-corrected chi connectivity index (χ2v) is 6.84. The Labute approximate surface area is 164 Å². The van der Waals surface area contributed by atoms with Crippen molar-refractivity contribution in [2.75, 3.05) is 19.0 Å². The van der Waals surface area contributed by atoms with Gasteiger partial charge >= 0.3 is 0 Å². The summed E-state index contributed by atoms with van der Waals surface area (Å²) in [6.45, 7) is 4.54.